The van der Waals surface area contributed by atoms with E-state index < -0.39 is 0 Å². The van der Waals surface area contributed by atoms with Crippen molar-refractivity contribution in [2.75, 3.05) is 19.6 Å². The van der Waals surface area contributed by atoms with Gasteiger partial charge in [0.1, 0.15) is 11.9 Å². The van der Waals surface area contributed by atoms with Crippen molar-refractivity contribution in [2.45, 2.75) is 18.6 Å². The Morgan fingerprint density at radius 2 is 2.11 bits per heavy atom. The summed E-state index contributed by atoms with van der Waals surface area (Å²) in [4.78, 5) is 11.7. The molecule has 0 aromatic heterocycles. The average molecular weight is 262 g/mol. The Morgan fingerprint density at radius 3 is 2.89 bits per heavy atom. The highest BCUT2D eigenvalue weighted by Crippen LogP contribution is 2.27. The highest BCUT2D eigenvalue weighted by Gasteiger charge is 2.23. The SMILES string of the molecule is O=C(NCC1Cc2ccccc2O1)NC1CNNC1. The molecule has 2 aliphatic rings. The molecule has 1 aromatic carbocycles. The number of hydrazine groups is 1. The van der Waals surface area contributed by atoms with Gasteiger partial charge in [-0.1, -0.05) is 18.2 Å². The van der Waals surface area contributed by atoms with Crippen LogP contribution in [0.2, 0.25) is 0 Å². The molecule has 1 saturated heterocycles. The number of ether oxygens (including phenoxy) is 1. The van der Waals surface area contributed by atoms with E-state index in [1.807, 2.05) is 18.2 Å². The van der Waals surface area contributed by atoms with E-state index in [4.69, 9.17) is 4.74 Å². The third-order valence-electron chi connectivity index (χ3n) is 3.36. The van der Waals surface area contributed by atoms with E-state index in [9.17, 15) is 4.79 Å². The highest BCUT2D eigenvalue weighted by molar-refractivity contribution is 5.74. The van der Waals surface area contributed by atoms with Crippen molar-refractivity contribution < 1.29 is 9.53 Å². The molecule has 0 aliphatic carbocycles. The molecule has 0 spiro atoms. The number of rotatable bonds is 3. The number of carbonyl (C=O) groups is 1. The molecule has 2 aliphatic heterocycles. The fourth-order valence-electron chi connectivity index (χ4n) is 2.38. The summed E-state index contributed by atoms with van der Waals surface area (Å²) in [6, 6.07) is 7.99. The smallest absolute Gasteiger partial charge is 0.315 e. The fraction of sp³-hybridized carbons (Fsp3) is 0.462. The molecule has 1 unspecified atom stereocenters. The van der Waals surface area contributed by atoms with Crippen molar-refractivity contribution in [1.82, 2.24) is 21.5 Å². The molecular formula is C13H18N4O2. The first kappa shape index (κ1) is 12.3. The summed E-state index contributed by atoms with van der Waals surface area (Å²) in [5, 5.41) is 5.75. The van der Waals surface area contributed by atoms with Gasteiger partial charge in [0, 0.05) is 19.5 Å². The van der Waals surface area contributed by atoms with Crippen LogP contribution < -0.4 is 26.2 Å². The minimum Gasteiger partial charge on any atom is -0.488 e. The average Bonchev–Trinajstić information content (AvgIpc) is 3.04. The number of para-hydroxylation sites is 1. The minimum atomic E-state index is -0.143. The van der Waals surface area contributed by atoms with E-state index >= 15 is 0 Å². The zero-order chi connectivity index (χ0) is 13.1. The quantitative estimate of drug-likeness (QED) is 0.607. The molecule has 102 valence electrons. The number of urea groups is 1. The Hall–Kier alpha value is -1.79. The minimum absolute atomic E-state index is 0.0305. The lowest BCUT2D eigenvalue weighted by atomic mass is 10.1. The molecule has 0 radical (unpaired) electrons. The molecule has 1 atom stereocenters. The maximum atomic E-state index is 11.7. The summed E-state index contributed by atoms with van der Waals surface area (Å²) >= 11 is 0. The number of carbonyl (C=O) groups excluding carboxylic acids is 1. The predicted molar refractivity (Wildman–Crippen MR) is 70.9 cm³/mol. The summed E-state index contributed by atoms with van der Waals surface area (Å²) in [6.07, 6.45) is 0.881. The van der Waals surface area contributed by atoms with Crippen molar-refractivity contribution in [3.8, 4) is 5.75 Å². The second-order valence-corrected chi connectivity index (χ2v) is 4.86. The van der Waals surface area contributed by atoms with Gasteiger partial charge in [-0.3, -0.25) is 10.9 Å². The third kappa shape index (κ3) is 2.97. The van der Waals surface area contributed by atoms with Crippen molar-refractivity contribution in [2.24, 2.45) is 0 Å². The Kier molecular flexibility index (Phi) is 3.52. The monoisotopic (exact) mass is 262 g/mol. The summed E-state index contributed by atoms with van der Waals surface area (Å²) < 4.78 is 5.76. The van der Waals surface area contributed by atoms with Gasteiger partial charge in [0.2, 0.25) is 0 Å². The second kappa shape index (κ2) is 5.46. The summed E-state index contributed by atoms with van der Waals surface area (Å²) in [5.41, 5.74) is 7.15. The lowest BCUT2D eigenvalue weighted by Gasteiger charge is -2.14. The van der Waals surface area contributed by atoms with E-state index in [0.29, 0.717) is 6.54 Å². The molecule has 1 aromatic rings. The van der Waals surface area contributed by atoms with Gasteiger partial charge in [0.15, 0.2) is 0 Å². The van der Waals surface area contributed by atoms with Crippen molar-refractivity contribution in [3.05, 3.63) is 29.8 Å². The van der Waals surface area contributed by atoms with Gasteiger partial charge in [-0.2, -0.15) is 0 Å². The lowest BCUT2D eigenvalue weighted by molar-refractivity contribution is 0.212. The largest absolute Gasteiger partial charge is 0.488 e. The molecule has 2 heterocycles. The number of nitrogens with one attached hydrogen (secondary N) is 4. The molecular weight excluding hydrogens is 244 g/mol. The Balaban J connectivity index is 1.42. The van der Waals surface area contributed by atoms with E-state index in [1.165, 1.54) is 5.56 Å². The maximum Gasteiger partial charge on any atom is 0.315 e. The highest BCUT2D eigenvalue weighted by atomic mass is 16.5. The first-order valence-electron chi connectivity index (χ1n) is 6.56. The number of amides is 2. The van der Waals surface area contributed by atoms with Crippen molar-refractivity contribution in [1.29, 1.82) is 0 Å². The zero-order valence-corrected chi connectivity index (χ0v) is 10.6. The van der Waals surface area contributed by atoms with Crippen LogP contribution in [0, 0.1) is 0 Å². The number of benzene rings is 1. The number of hydrogen-bond acceptors (Lipinski definition) is 4. The molecule has 6 heteroatoms. The molecule has 2 amide bonds. The van der Waals surface area contributed by atoms with Gasteiger partial charge in [-0.25, -0.2) is 4.79 Å². The van der Waals surface area contributed by atoms with Gasteiger partial charge in [0.25, 0.3) is 0 Å². The first-order chi connectivity index (χ1) is 9.31. The van der Waals surface area contributed by atoms with Gasteiger partial charge >= 0.3 is 6.03 Å². The van der Waals surface area contributed by atoms with Crippen LogP contribution in [-0.4, -0.2) is 37.8 Å². The normalized spacial score (nSPS) is 21.8. The van der Waals surface area contributed by atoms with E-state index in [0.717, 1.165) is 25.3 Å². The number of hydrogen-bond donors (Lipinski definition) is 4. The summed E-state index contributed by atoms with van der Waals surface area (Å²) in [6.45, 7) is 2.02. The first-order valence-corrected chi connectivity index (χ1v) is 6.56. The van der Waals surface area contributed by atoms with Crippen LogP contribution in [0.15, 0.2) is 24.3 Å². The van der Waals surface area contributed by atoms with Gasteiger partial charge in [0.05, 0.1) is 12.6 Å². The molecule has 6 nitrogen and oxygen atoms in total. The van der Waals surface area contributed by atoms with E-state index in [-0.39, 0.29) is 18.2 Å². The molecule has 19 heavy (non-hydrogen) atoms. The van der Waals surface area contributed by atoms with Gasteiger partial charge in [-0.05, 0) is 11.6 Å². The Labute approximate surface area is 111 Å². The molecule has 0 saturated carbocycles. The van der Waals surface area contributed by atoms with Crippen LogP contribution in [0.1, 0.15) is 5.56 Å². The van der Waals surface area contributed by atoms with Crippen LogP contribution in [-0.2, 0) is 6.42 Å². The fourth-order valence-corrected chi connectivity index (χ4v) is 2.38. The van der Waals surface area contributed by atoms with Crippen LogP contribution in [0.5, 0.6) is 5.75 Å². The predicted octanol–water partition coefficient (Wildman–Crippen LogP) is -0.234. The number of fused-ring (bicyclic) bond motifs is 1. The topological polar surface area (TPSA) is 74.4 Å². The molecule has 0 bridgehead atoms. The van der Waals surface area contributed by atoms with Crippen LogP contribution in [0.3, 0.4) is 0 Å². The van der Waals surface area contributed by atoms with Crippen LogP contribution >= 0.6 is 0 Å². The summed E-state index contributed by atoms with van der Waals surface area (Å²) in [5.74, 6) is 0.930. The third-order valence-corrected chi connectivity index (χ3v) is 3.36. The maximum absolute atomic E-state index is 11.7. The van der Waals surface area contributed by atoms with Crippen molar-refractivity contribution in [3.63, 3.8) is 0 Å². The standard InChI is InChI=1S/C13H18N4O2/c18-13(17-10-6-15-16-7-10)14-8-11-5-9-3-1-2-4-12(9)19-11/h1-4,10-11,15-16H,5-8H2,(H2,14,17,18). The Morgan fingerprint density at radius 1 is 1.32 bits per heavy atom. The lowest BCUT2D eigenvalue weighted by Crippen LogP contribution is -2.46. The van der Waals surface area contributed by atoms with Crippen molar-refractivity contribution >= 4 is 6.03 Å². The van der Waals surface area contributed by atoms with Crippen LogP contribution in [0.4, 0.5) is 4.79 Å². The van der Waals surface area contributed by atoms with Gasteiger partial charge in [-0.15, -0.1) is 0 Å². The molecule has 1 fully saturated rings. The van der Waals surface area contributed by atoms with Crippen LogP contribution in [0.25, 0.3) is 0 Å². The second-order valence-electron chi connectivity index (χ2n) is 4.86. The molecule has 4 N–H and O–H groups in total. The van der Waals surface area contributed by atoms with E-state index in [2.05, 4.69) is 27.6 Å². The summed E-state index contributed by atoms with van der Waals surface area (Å²) in [7, 11) is 0. The zero-order valence-electron chi connectivity index (χ0n) is 10.6. The Bertz CT molecular complexity index is 435. The molecule has 3 rings (SSSR count). The van der Waals surface area contributed by atoms with Gasteiger partial charge < -0.3 is 15.4 Å². The van der Waals surface area contributed by atoms with E-state index in [1.54, 1.807) is 0 Å².